The zero-order chi connectivity index (χ0) is 20.2. The molecule has 1 aromatic carbocycles. The van der Waals surface area contributed by atoms with E-state index in [2.05, 4.69) is 20.8 Å². The molecule has 0 bridgehead atoms. The fraction of sp³-hybridized carbons (Fsp3) is 0.714. The highest BCUT2D eigenvalue weighted by Crippen LogP contribution is 2.40. The second-order valence-corrected chi connectivity index (χ2v) is 10.5. The molecule has 6 heteroatoms. The van der Waals surface area contributed by atoms with Gasteiger partial charge in [0.1, 0.15) is 5.75 Å². The standard InChI is InChI=1S/C21H35NO4S/c1-5-6-7-8-12-21(2,3)16-9-10-18(20(24)14-16)19-15-17(23)11-13-22(19)27(4,25)26/h9-10,14,17,19,23-24H,5-8,11-13,15H2,1-4H3/t17-,19+/m1/s1. The molecule has 0 aliphatic carbocycles. The number of rotatable bonds is 8. The number of benzene rings is 1. The van der Waals surface area contributed by atoms with Gasteiger partial charge in [0.25, 0.3) is 0 Å². The summed E-state index contributed by atoms with van der Waals surface area (Å²) in [4.78, 5) is 0. The van der Waals surface area contributed by atoms with E-state index in [1.54, 1.807) is 6.07 Å². The highest BCUT2D eigenvalue weighted by molar-refractivity contribution is 7.88. The third-order valence-corrected chi connectivity index (χ3v) is 7.07. The van der Waals surface area contributed by atoms with Gasteiger partial charge in [0.05, 0.1) is 18.4 Å². The molecule has 5 nitrogen and oxygen atoms in total. The summed E-state index contributed by atoms with van der Waals surface area (Å²) in [5.74, 6) is 0.113. The fourth-order valence-electron chi connectivity index (χ4n) is 3.99. The van der Waals surface area contributed by atoms with Crippen LogP contribution in [0.25, 0.3) is 0 Å². The van der Waals surface area contributed by atoms with E-state index in [1.165, 1.54) is 29.8 Å². The number of sulfonamides is 1. The van der Waals surface area contributed by atoms with Gasteiger partial charge in [-0.1, -0.05) is 58.6 Å². The predicted octanol–water partition coefficient (Wildman–Crippen LogP) is 4.10. The van der Waals surface area contributed by atoms with E-state index in [0.29, 0.717) is 18.4 Å². The van der Waals surface area contributed by atoms with Crippen LogP contribution < -0.4 is 0 Å². The van der Waals surface area contributed by atoms with Crippen molar-refractivity contribution in [2.75, 3.05) is 12.8 Å². The summed E-state index contributed by atoms with van der Waals surface area (Å²) < 4.78 is 25.7. The molecule has 1 aliphatic heterocycles. The topological polar surface area (TPSA) is 77.8 Å². The summed E-state index contributed by atoms with van der Waals surface area (Å²) in [7, 11) is -3.41. The molecule has 0 spiro atoms. The molecule has 2 atom stereocenters. The van der Waals surface area contributed by atoms with Crippen LogP contribution in [0.1, 0.15) is 82.9 Å². The number of nitrogens with zero attached hydrogens (tertiary/aromatic N) is 1. The van der Waals surface area contributed by atoms with Crippen LogP contribution in [0.5, 0.6) is 5.75 Å². The monoisotopic (exact) mass is 397 g/mol. The Bertz CT molecular complexity index is 730. The van der Waals surface area contributed by atoms with Crippen LogP contribution in [0, 0.1) is 0 Å². The molecule has 0 radical (unpaired) electrons. The lowest BCUT2D eigenvalue weighted by atomic mass is 9.79. The lowest BCUT2D eigenvalue weighted by Gasteiger charge is -2.37. The molecule has 0 unspecified atom stereocenters. The largest absolute Gasteiger partial charge is 0.508 e. The van der Waals surface area contributed by atoms with E-state index in [1.807, 2.05) is 12.1 Å². The van der Waals surface area contributed by atoms with Gasteiger partial charge in [0, 0.05) is 12.1 Å². The Balaban J connectivity index is 2.24. The van der Waals surface area contributed by atoms with Crippen molar-refractivity contribution >= 4 is 10.0 Å². The van der Waals surface area contributed by atoms with Gasteiger partial charge in [-0.2, -0.15) is 4.31 Å². The summed E-state index contributed by atoms with van der Waals surface area (Å²) in [6, 6.07) is 5.08. The summed E-state index contributed by atoms with van der Waals surface area (Å²) in [6.45, 7) is 6.83. The first kappa shape index (κ1) is 22.2. The first-order chi connectivity index (χ1) is 12.6. The molecule has 0 amide bonds. The second kappa shape index (κ2) is 8.93. The Labute approximate surface area is 164 Å². The number of hydrogen-bond acceptors (Lipinski definition) is 4. The molecule has 1 aromatic rings. The SMILES string of the molecule is CCCCCCC(C)(C)c1ccc([C@@H]2C[C@H](O)CCN2S(C)(=O)=O)c(O)c1. The average molecular weight is 398 g/mol. The van der Waals surface area contributed by atoms with E-state index in [0.717, 1.165) is 18.4 Å². The normalized spacial score (nSPS) is 22.1. The predicted molar refractivity (Wildman–Crippen MR) is 109 cm³/mol. The zero-order valence-corrected chi connectivity index (χ0v) is 17.9. The molecular formula is C21H35NO4S. The van der Waals surface area contributed by atoms with Crippen molar-refractivity contribution in [3.05, 3.63) is 29.3 Å². The number of piperidine rings is 1. The van der Waals surface area contributed by atoms with Crippen LogP contribution in [0.3, 0.4) is 0 Å². The Kier molecular flexibility index (Phi) is 7.33. The van der Waals surface area contributed by atoms with Gasteiger partial charge in [-0.05, 0) is 36.3 Å². The van der Waals surface area contributed by atoms with Gasteiger partial charge in [-0.15, -0.1) is 0 Å². The lowest BCUT2D eigenvalue weighted by molar-refractivity contribution is 0.0804. The van der Waals surface area contributed by atoms with E-state index < -0.39 is 22.2 Å². The van der Waals surface area contributed by atoms with Crippen molar-refractivity contribution in [2.45, 2.75) is 83.3 Å². The summed E-state index contributed by atoms with van der Waals surface area (Å²) in [6.07, 6.45) is 7.22. The van der Waals surface area contributed by atoms with Crippen molar-refractivity contribution in [2.24, 2.45) is 0 Å². The molecule has 2 N–H and O–H groups in total. The summed E-state index contributed by atoms with van der Waals surface area (Å²) in [5.41, 5.74) is 1.58. The summed E-state index contributed by atoms with van der Waals surface area (Å²) >= 11 is 0. The van der Waals surface area contributed by atoms with Crippen molar-refractivity contribution in [1.82, 2.24) is 4.31 Å². The Morgan fingerprint density at radius 1 is 1.22 bits per heavy atom. The number of hydrogen-bond donors (Lipinski definition) is 2. The highest BCUT2D eigenvalue weighted by Gasteiger charge is 2.35. The Hall–Kier alpha value is -1.11. The van der Waals surface area contributed by atoms with Gasteiger partial charge in [-0.25, -0.2) is 8.42 Å². The van der Waals surface area contributed by atoms with Crippen molar-refractivity contribution in [3.63, 3.8) is 0 Å². The van der Waals surface area contributed by atoms with Crippen molar-refractivity contribution in [1.29, 1.82) is 0 Å². The zero-order valence-electron chi connectivity index (χ0n) is 17.1. The van der Waals surface area contributed by atoms with Gasteiger partial charge in [-0.3, -0.25) is 0 Å². The van der Waals surface area contributed by atoms with Crippen LogP contribution in [0.2, 0.25) is 0 Å². The molecule has 1 heterocycles. The molecule has 27 heavy (non-hydrogen) atoms. The minimum atomic E-state index is -3.41. The quantitative estimate of drug-likeness (QED) is 0.648. The molecule has 2 rings (SSSR count). The molecule has 1 saturated heterocycles. The third-order valence-electron chi connectivity index (χ3n) is 5.78. The van der Waals surface area contributed by atoms with Gasteiger partial charge in [0.15, 0.2) is 0 Å². The van der Waals surface area contributed by atoms with E-state index in [4.69, 9.17) is 0 Å². The first-order valence-electron chi connectivity index (χ1n) is 10.0. The molecule has 154 valence electrons. The van der Waals surface area contributed by atoms with Gasteiger partial charge < -0.3 is 10.2 Å². The highest BCUT2D eigenvalue weighted by atomic mass is 32.2. The van der Waals surface area contributed by atoms with Gasteiger partial charge >= 0.3 is 0 Å². The number of aromatic hydroxyl groups is 1. The minimum Gasteiger partial charge on any atom is -0.508 e. The molecule has 1 aliphatic rings. The number of unbranched alkanes of at least 4 members (excludes halogenated alkanes) is 3. The maximum Gasteiger partial charge on any atom is 0.211 e. The molecule has 0 aromatic heterocycles. The molecule has 1 fully saturated rings. The summed E-state index contributed by atoms with van der Waals surface area (Å²) in [5, 5.41) is 20.7. The van der Waals surface area contributed by atoms with Crippen LogP contribution >= 0.6 is 0 Å². The Morgan fingerprint density at radius 2 is 1.93 bits per heavy atom. The van der Waals surface area contributed by atoms with Crippen LogP contribution in [0.15, 0.2) is 18.2 Å². The van der Waals surface area contributed by atoms with Crippen LogP contribution in [0.4, 0.5) is 0 Å². The van der Waals surface area contributed by atoms with E-state index in [9.17, 15) is 18.6 Å². The average Bonchev–Trinajstić information content (AvgIpc) is 2.57. The maximum absolute atomic E-state index is 12.1. The minimum absolute atomic E-state index is 0.0493. The van der Waals surface area contributed by atoms with Crippen LogP contribution in [-0.4, -0.2) is 41.8 Å². The lowest BCUT2D eigenvalue weighted by Crippen LogP contribution is -2.42. The van der Waals surface area contributed by atoms with Crippen LogP contribution in [-0.2, 0) is 15.4 Å². The number of phenolic OH excluding ortho intramolecular Hbond substituents is 1. The van der Waals surface area contributed by atoms with E-state index >= 15 is 0 Å². The number of aliphatic hydroxyl groups excluding tert-OH is 1. The number of phenols is 1. The Morgan fingerprint density at radius 3 is 2.52 bits per heavy atom. The smallest absolute Gasteiger partial charge is 0.211 e. The van der Waals surface area contributed by atoms with Crippen molar-refractivity contribution in [3.8, 4) is 5.75 Å². The second-order valence-electron chi connectivity index (χ2n) is 8.54. The van der Waals surface area contributed by atoms with E-state index in [-0.39, 0.29) is 17.7 Å². The molecule has 0 saturated carbocycles. The number of aliphatic hydroxyl groups is 1. The first-order valence-corrected chi connectivity index (χ1v) is 11.9. The fourth-order valence-corrected chi connectivity index (χ4v) is 5.09. The maximum atomic E-state index is 12.1. The molecular weight excluding hydrogens is 362 g/mol. The van der Waals surface area contributed by atoms with Crippen molar-refractivity contribution < 1.29 is 18.6 Å². The van der Waals surface area contributed by atoms with Gasteiger partial charge in [0.2, 0.25) is 10.0 Å². The third kappa shape index (κ3) is 5.69.